The number of anilines is 1. The van der Waals surface area contributed by atoms with Gasteiger partial charge in [0.1, 0.15) is 5.75 Å². The molecule has 1 aliphatic rings. The summed E-state index contributed by atoms with van der Waals surface area (Å²) in [5, 5.41) is 4.02. The van der Waals surface area contributed by atoms with Gasteiger partial charge in [0.25, 0.3) is 5.91 Å². The highest BCUT2D eigenvalue weighted by atomic mass is 16.5. The molecule has 2 aromatic carbocycles. The first-order chi connectivity index (χ1) is 13.7. The van der Waals surface area contributed by atoms with Crippen LogP contribution in [0.2, 0.25) is 0 Å². The smallest absolute Gasteiger partial charge is 0.253 e. The molecule has 28 heavy (non-hydrogen) atoms. The maximum Gasteiger partial charge on any atom is 0.253 e. The third-order valence-electron chi connectivity index (χ3n) is 5.25. The Kier molecular flexibility index (Phi) is 5.02. The Labute approximate surface area is 163 Å². The Morgan fingerprint density at radius 2 is 2.04 bits per heavy atom. The summed E-state index contributed by atoms with van der Waals surface area (Å²) < 4.78 is 5.30. The van der Waals surface area contributed by atoms with Gasteiger partial charge in [-0.1, -0.05) is 18.2 Å². The molecule has 0 unspecified atom stereocenters. The van der Waals surface area contributed by atoms with Gasteiger partial charge in [-0.05, 0) is 48.6 Å². The van der Waals surface area contributed by atoms with Crippen LogP contribution in [0.15, 0.2) is 54.7 Å². The molecule has 3 aromatic rings. The fourth-order valence-electron chi connectivity index (χ4n) is 3.72. The van der Waals surface area contributed by atoms with Crippen LogP contribution in [-0.2, 0) is 4.79 Å². The number of aromatic amines is 1. The summed E-state index contributed by atoms with van der Waals surface area (Å²) in [5.41, 5.74) is 2.23. The predicted molar refractivity (Wildman–Crippen MR) is 109 cm³/mol. The zero-order chi connectivity index (χ0) is 19.5. The number of nitrogens with one attached hydrogen (secondary N) is 2. The molecule has 0 spiro atoms. The number of H-pyrrole nitrogens is 1. The number of fused-ring (bicyclic) bond motifs is 1. The van der Waals surface area contributed by atoms with Crippen LogP contribution in [0.1, 0.15) is 23.2 Å². The number of rotatable bonds is 4. The third kappa shape index (κ3) is 3.58. The lowest BCUT2D eigenvalue weighted by Gasteiger charge is -2.32. The van der Waals surface area contributed by atoms with Gasteiger partial charge in [-0.15, -0.1) is 0 Å². The van der Waals surface area contributed by atoms with Crippen LogP contribution in [0.4, 0.5) is 5.69 Å². The second-order valence-corrected chi connectivity index (χ2v) is 7.06. The first-order valence-corrected chi connectivity index (χ1v) is 9.46. The van der Waals surface area contributed by atoms with E-state index in [1.54, 1.807) is 12.0 Å². The molecule has 0 bridgehead atoms. The van der Waals surface area contributed by atoms with Gasteiger partial charge < -0.3 is 19.9 Å². The van der Waals surface area contributed by atoms with Crippen LogP contribution in [0.3, 0.4) is 0 Å². The standard InChI is InChI=1S/C22H23N3O3/c1-28-20-7-3-2-6-18(20)24-21(26)17-5-4-12-25(14-17)22(27)16-9-8-15-10-11-23-19(15)13-16/h2-3,6-11,13,17,23H,4-5,12,14H2,1H3,(H,24,26)/t17-/m1/s1. The molecular formula is C22H23N3O3. The molecule has 1 atom stereocenters. The summed E-state index contributed by atoms with van der Waals surface area (Å²) in [4.78, 5) is 30.6. The van der Waals surface area contributed by atoms with Crippen LogP contribution < -0.4 is 10.1 Å². The maximum atomic E-state index is 13.0. The number of hydrogen-bond donors (Lipinski definition) is 2. The minimum atomic E-state index is -0.239. The average Bonchev–Trinajstić information content (AvgIpc) is 3.21. The number of aromatic nitrogens is 1. The van der Waals surface area contributed by atoms with Gasteiger partial charge in [0.15, 0.2) is 0 Å². The molecule has 1 aliphatic heterocycles. The average molecular weight is 377 g/mol. The van der Waals surface area contributed by atoms with Gasteiger partial charge >= 0.3 is 0 Å². The fourth-order valence-corrected chi connectivity index (χ4v) is 3.72. The van der Waals surface area contributed by atoms with E-state index in [4.69, 9.17) is 4.74 Å². The van der Waals surface area contributed by atoms with Gasteiger partial charge in [-0.2, -0.15) is 0 Å². The number of para-hydroxylation sites is 2. The van der Waals surface area contributed by atoms with Gasteiger partial charge in [-0.25, -0.2) is 0 Å². The highest BCUT2D eigenvalue weighted by molar-refractivity contribution is 5.99. The van der Waals surface area contributed by atoms with Crippen LogP contribution in [0, 0.1) is 5.92 Å². The van der Waals surface area contributed by atoms with Gasteiger partial charge in [0, 0.05) is 30.4 Å². The number of amides is 2. The van der Waals surface area contributed by atoms with E-state index < -0.39 is 0 Å². The normalized spacial score (nSPS) is 16.8. The zero-order valence-corrected chi connectivity index (χ0v) is 15.8. The van der Waals surface area contributed by atoms with E-state index in [1.807, 2.05) is 54.7 Å². The van der Waals surface area contributed by atoms with Crippen molar-refractivity contribution >= 4 is 28.4 Å². The van der Waals surface area contributed by atoms with E-state index in [0.29, 0.717) is 30.1 Å². The van der Waals surface area contributed by atoms with Crippen molar-refractivity contribution < 1.29 is 14.3 Å². The Balaban J connectivity index is 1.46. The molecule has 0 saturated carbocycles. The molecule has 1 saturated heterocycles. The predicted octanol–water partition coefficient (Wildman–Crippen LogP) is 3.67. The summed E-state index contributed by atoms with van der Waals surface area (Å²) in [6.07, 6.45) is 3.43. The van der Waals surface area contributed by atoms with Crippen molar-refractivity contribution in [3.63, 3.8) is 0 Å². The Bertz CT molecular complexity index is 1010. The van der Waals surface area contributed by atoms with Crippen molar-refractivity contribution in [3.05, 3.63) is 60.3 Å². The largest absolute Gasteiger partial charge is 0.495 e. The molecule has 1 fully saturated rings. The van der Waals surface area contributed by atoms with E-state index in [9.17, 15) is 9.59 Å². The summed E-state index contributed by atoms with van der Waals surface area (Å²) in [5.74, 6) is 0.267. The van der Waals surface area contributed by atoms with Crippen molar-refractivity contribution in [2.24, 2.45) is 5.92 Å². The number of benzene rings is 2. The topological polar surface area (TPSA) is 74.4 Å². The molecule has 4 rings (SSSR count). The van der Waals surface area contributed by atoms with Crippen molar-refractivity contribution in [2.45, 2.75) is 12.8 Å². The quantitative estimate of drug-likeness (QED) is 0.729. The second kappa shape index (κ2) is 7.76. The lowest BCUT2D eigenvalue weighted by Crippen LogP contribution is -2.43. The molecule has 2 heterocycles. The number of likely N-dealkylation sites (tertiary alicyclic amines) is 1. The number of hydrogen-bond acceptors (Lipinski definition) is 3. The number of carbonyl (C=O) groups is 2. The first kappa shape index (κ1) is 18.1. The molecule has 0 aliphatic carbocycles. The lowest BCUT2D eigenvalue weighted by atomic mass is 9.96. The maximum absolute atomic E-state index is 13.0. The van der Waals surface area contributed by atoms with E-state index in [-0.39, 0.29) is 17.7 Å². The second-order valence-electron chi connectivity index (χ2n) is 7.06. The van der Waals surface area contributed by atoms with E-state index in [0.717, 1.165) is 23.7 Å². The Morgan fingerprint density at radius 1 is 1.18 bits per heavy atom. The molecule has 144 valence electrons. The molecule has 1 aromatic heterocycles. The summed E-state index contributed by atoms with van der Waals surface area (Å²) >= 11 is 0. The monoisotopic (exact) mass is 377 g/mol. The third-order valence-corrected chi connectivity index (χ3v) is 5.25. The Morgan fingerprint density at radius 3 is 2.89 bits per heavy atom. The molecule has 2 N–H and O–H groups in total. The SMILES string of the molecule is COc1ccccc1NC(=O)[C@@H]1CCCN(C(=O)c2ccc3cc[nH]c3c2)C1. The highest BCUT2D eigenvalue weighted by Gasteiger charge is 2.29. The molecule has 6 heteroatoms. The van der Waals surface area contributed by atoms with Crippen molar-refractivity contribution in [3.8, 4) is 5.75 Å². The fraction of sp³-hybridized carbons (Fsp3) is 0.273. The molecule has 2 amide bonds. The molecule has 0 radical (unpaired) electrons. The number of ether oxygens (including phenoxy) is 1. The van der Waals surface area contributed by atoms with Crippen molar-refractivity contribution in [1.29, 1.82) is 0 Å². The number of nitrogens with zero attached hydrogens (tertiary/aromatic N) is 1. The van der Waals surface area contributed by atoms with Crippen LogP contribution in [0.5, 0.6) is 5.75 Å². The minimum absolute atomic E-state index is 0.0358. The van der Waals surface area contributed by atoms with E-state index >= 15 is 0 Å². The first-order valence-electron chi connectivity index (χ1n) is 9.46. The summed E-state index contributed by atoms with van der Waals surface area (Å²) in [7, 11) is 1.58. The van der Waals surface area contributed by atoms with E-state index in [2.05, 4.69) is 10.3 Å². The van der Waals surface area contributed by atoms with Gasteiger partial charge in [-0.3, -0.25) is 9.59 Å². The number of methoxy groups -OCH3 is 1. The van der Waals surface area contributed by atoms with Crippen LogP contribution in [0.25, 0.3) is 10.9 Å². The van der Waals surface area contributed by atoms with Crippen molar-refractivity contribution in [1.82, 2.24) is 9.88 Å². The Hall–Kier alpha value is -3.28. The minimum Gasteiger partial charge on any atom is -0.495 e. The van der Waals surface area contributed by atoms with E-state index in [1.165, 1.54) is 0 Å². The molecular weight excluding hydrogens is 354 g/mol. The van der Waals surface area contributed by atoms with Gasteiger partial charge in [0.2, 0.25) is 5.91 Å². The van der Waals surface area contributed by atoms with Crippen molar-refractivity contribution in [2.75, 3.05) is 25.5 Å². The van der Waals surface area contributed by atoms with Crippen LogP contribution in [-0.4, -0.2) is 41.9 Å². The summed E-state index contributed by atoms with van der Waals surface area (Å²) in [6, 6.07) is 15.0. The van der Waals surface area contributed by atoms with Gasteiger partial charge in [0.05, 0.1) is 18.7 Å². The lowest BCUT2D eigenvalue weighted by molar-refractivity contribution is -0.121. The van der Waals surface area contributed by atoms with Crippen LogP contribution >= 0.6 is 0 Å². The zero-order valence-electron chi connectivity index (χ0n) is 15.8. The summed E-state index contributed by atoms with van der Waals surface area (Å²) in [6.45, 7) is 1.09. The number of carbonyl (C=O) groups excluding carboxylic acids is 2. The molecule has 6 nitrogen and oxygen atoms in total. The highest BCUT2D eigenvalue weighted by Crippen LogP contribution is 2.26. The number of piperidine rings is 1.